The Kier molecular flexibility index (Phi) is 36.6. The van der Waals surface area contributed by atoms with Gasteiger partial charge < -0.3 is 62.6 Å². The molecule has 7 amide bonds. The number of allylic oxidation sites excluding steroid dienone is 1. The molecule has 6 aromatic rings. The molecule has 1 aliphatic heterocycles. The number of benzene rings is 6. The largest absolute Gasteiger partial charge is 0.444 e. The van der Waals surface area contributed by atoms with Gasteiger partial charge in [-0.25, -0.2) is 4.79 Å². The van der Waals surface area contributed by atoms with Gasteiger partial charge in [-0.2, -0.15) is 0 Å². The number of hydrogen-bond donors (Lipinski definition) is 11. The van der Waals surface area contributed by atoms with E-state index in [2.05, 4.69) is 122 Å². The second-order valence-electron chi connectivity index (χ2n) is 30.1. The molecule has 0 bridgehead atoms. The van der Waals surface area contributed by atoms with Crippen molar-refractivity contribution in [2.24, 2.45) is 5.92 Å². The number of carbonyl (C=O) groups excluding carboxylic acids is 8. The van der Waals surface area contributed by atoms with Crippen molar-refractivity contribution in [2.75, 3.05) is 31.2 Å². The van der Waals surface area contributed by atoms with E-state index < -0.39 is 131 Å². The zero-order valence-corrected chi connectivity index (χ0v) is 67.6. The summed E-state index contributed by atoms with van der Waals surface area (Å²) >= 11 is 1.95. The molecule has 1 saturated heterocycles. The van der Waals surface area contributed by atoms with Gasteiger partial charge in [0.25, 0.3) is 0 Å². The summed E-state index contributed by atoms with van der Waals surface area (Å²) in [6.07, 6.45) is 10.3. The second-order valence-corrected chi connectivity index (χ2v) is 34.2. The monoisotopic (exact) mass is 1570 g/mol. The fourth-order valence-electron chi connectivity index (χ4n) is 14.0. The van der Waals surface area contributed by atoms with Crippen LogP contribution >= 0.6 is 33.3 Å². The molecule has 11 atom stereocenters. The number of nitrogens with one attached hydrogen (secondary N) is 8. The van der Waals surface area contributed by atoms with E-state index in [9.17, 15) is 34.5 Å². The number of Topliss-reactive ketones (excluding diaryl/α,β-unsaturated/α-hetero) is 1. The fraction of sp³-hybridized carbons (Fsp3) is 0.477. The number of amides is 7. The van der Waals surface area contributed by atoms with Crippen molar-refractivity contribution in [3.8, 4) is 0 Å². The third-order valence-electron chi connectivity index (χ3n) is 20.1. The summed E-state index contributed by atoms with van der Waals surface area (Å²) in [6.45, 7) is 9.96. The lowest BCUT2D eigenvalue weighted by Gasteiger charge is -2.38. The van der Waals surface area contributed by atoms with Gasteiger partial charge in [-0.15, -0.1) is 11.8 Å². The van der Waals surface area contributed by atoms with Gasteiger partial charge in [-0.05, 0) is 137 Å². The Balaban J connectivity index is 1.15. The quantitative estimate of drug-likeness (QED) is 0.00990. The van der Waals surface area contributed by atoms with Crippen LogP contribution in [0.25, 0.3) is 5.57 Å². The van der Waals surface area contributed by atoms with E-state index in [1.807, 2.05) is 121 Å². The van der Waals surface area contributed by atoms with Crippen LogP contribution in [0.1, 0.15) is 177 Å². The van der Waals surface area contributed by atoms with E-state index in [1.165, 1.54) is 46.0 Å². The van der Waals surface area contributed by atoms with Gasteiger partial charge in [0.15, 0.2) is 5.78 Å². The number of ether oxygens (including phenoxy) is 1. The van der Waals surface area contributed by atoms with Crippen LogP contribution in [0.3, 0.4) is 0 Å². The third-order valence-corrected chi connectivity index (χ3v) is 24.4. The first-order valence-electron chi connectivity index (χ1n) is 39.5. The van der Waals surface area contributed by atoms with Crippen molar-refractivity contribution in [3.05, 3.63) is 221 Å². The first kappa shape index (κ1) is 88.3. The summed E-state index contributed by atoms with van der Waals surface area (Å²) in [5, 5.41) is 55.7. The lowest BCUT2D eigenvalue weighted by molar-refractivity contribution is -0.136. The minimum Gasteiger partial charge on any atom is -0.444 e. The molecule has 20 nitrogen and oxygen atoms in total. The average molecular weight is 1570 g/mol. The number of thioether (sulfide) groups is 1. The highest BCUT2D eigenvalue weighted by atomic mass is 33.1. The van der Waals surface area contributed by atoms with Crippen molar-refractivity contribution < 1.29 is 58.4 Å². The Bertz CT molecular complexity index is 3820. The number of hydrogen-bond acceptors (Lipinski definition) is 16. The molecule has 8 rings (SSSR count). The van der Waals surface area contributed by atoms with Crippen LogP contribution in [0.5, 0.6) is 0 Å². The fourth-order valence-corrected chi connectivity index (χ4v) is 18.2. The Morgan fingerprint density at radius 1 is 0.604 bits per heavy atom. The maximum absolute atomic E-state index is 15.8. The van der Waals surface area contributed by atoms with E-state index in [0.29, 0.717) is 31.4 Å². The van der Waals surface area contributed by atoms with Gasteiger partial charge >= 0.3 is 6.09 Å². The second kappa shape index (κ2) is 46.0. The summed E-state index contributed by atoms with van der Waals surface area (Å²) in [6, 6.07) is 49.2. The van der Waals surface area contributed by atoms with Crippen LogP contribution in [-0.2, 0) is 62.3 Å². The third kappa shape index (κ3) is 28.4. The molecule has 1 heterocycles. The Morgan fingerprint density at radius 3 is 1.76 bits per heavy atom. The molecular weight excluding hydrogens is 1460 g/mol. The van der Waals surface area contributed by atoms with Crippen LogP contribution < -0.4 is 42.5 Å². The summed E-state index contributed by atoms with van der Waals surface area (Å²) in [4.78, 5) is 119. The molecule has 2 aliphatic rings. The summed E-state index contributed by atoms with van der Waals surface area (Å²) < 4.78 is 4.80. The first-order valence-corrected chi connectivity index (χ1v) is 42.9. The summed E-state index contributed by atoms with van der Waals surface area (Å²) in [7, 11) is 2.20. The Morgan fingerprint density at radius 2 is 1.16 bits per heavy atom. The molecule has 1 fully saturated rings. The highest BCUT2D eigenvalue weighted by Crippen LogP contribution is 2.51. The molecule has 0 radical (unpaired) electrons. The first-order chi connectivity index (χ1) is 53.5. The smallest absolute Gasteiger partial charge is 0.407 e. The topological polar surface area (TPSA) is 303 Å². The molecule has 11 N–H and O–H groups in total. The minimum absolute atomic E-state index is 0.0398. The number of ketones is 1. The summed E-state index contributed by atoms with van der Waals surface area (Å²) in [5.41, 5.74) is 6.89. The molecule has 0 aromatic heterocycles. The molecular formula is C88H116N8O12S3. The minimum atomic E-state index is -1.73. The van der Waals surface area contributed by atoms with Gasteiger partial charge in [0.1, 0.15) is 29.8 Å². The van der Waals surface area contributed by atoms with Gasteiger partial charge in [0.2, 0.25) is 35.4 Å². The highest BCUT2D eigenvalue weighted by molar-refractivity contribution is 8.76. The van der Waals surface area contributed by atoms with Crippen molar-refractivity contribution in [2.45, 2.75) is 227 Å². The van der Waals surface area contributed by atoms with Gasteiger partial charge in [0, 0.05) is 42.1 Å². The summed E-state index contributed by atoms with van der Waals surface area (Å²) in [5.74, 6) is -6.57. The van der Waals surface area contributed by atoms with Gasteiger partial charge in [0.05, 0.1) is 41.7 Å². The zero-order chi connectivity index (χ0) is 79.6. The van der Waals surface area contributed by atoms with E-state index >= 15 is 19.2 Å². The molecule has 6 aromatic carbocycles. The maximum Gasteiger partial charge on any atom is 0.407 e. The van der Waals surface area contributed by atoms with Crippen LogP contribution in [0.4, 0.5) is 4.79 Å². The molecule has 1 unspecified atom stereocenters. The van der Waals surface area contributed by atoms with E-state index in [4.69, 9.17) is 4.74 Å². The Labute approximate surface area is 668 Å². The standard InChI is InChI=1S/C88H116N8O12S3/c1-7-8-9-10-11-12-13-29-45-70(111-88(67-39-23-16-24-40-67,68-41-25-17-26-42-68)69-43-27-18-28-44-69)50-52-89-73(54-63-36-21-15-22-37-63)82(103)94-76-58-109-110-59-77(84(105)93-75(57-97)60(2)98)95-85(106)79(61(3)99)96-81(102)72(47-32-33-51-90-86(107)108-87(4,5)6)91-83(104)74(55-65-49-48-64-38-30-31-46-71(64)65)92-80(101)66(56-78(76)100)53-62-34-19-14-20-35-62/h14-28,30-31,34-44,46,49,60-61,66,70,72-77,79,89,97-99H,7-13,29,32-33,45,47-48,50-59H2,1-6H3,(H,90,107)(H,91,104)(H,92,101)(H,93,105)(H,94,103)(H,95,106)(H,96,102)/t60-,61-,66-,70?,72+,73-,74-,75+,76+,77+,79+/m1/s1. The zero-order valence-electron chi connectivity index (χ0n) is 65.2. The normalized spacial score (nSPS) is 19.8. The number of carbonyl (C=O) groups is 8. The van der Waals surface area contributed by atoms with Crippen molar-refractivity contribution >= 4 is 86.2 Å². The van der Waals surface area contributed by atoms with Crippen LogP contribution in [0.2, 0.25) is 0 Å². The number of fused-ring (bicyclic) bond motifs is 1. The van der Waals surface area contributed by atoms with Crippen molar-refractivity contribution in [1.29, 1.82) is 0 Å². The lowest BCUT2D eigenvalue weighted by atomic mass is 9.84. The lowest BCUT2D eigenvalue weighted by Crippen LogP contribution is -2.61. The number of aliphatic hydroxyl groups excluding tert-OH is 3. The number of rotatable bonds is 36. The highest BCUT2D eigenvalue weighted by Gasteiger charge is 2.41. The Hall–Kier alpha value is -8.29. The average Bonchev–Trinajstić information content (AvgIpc) is 1.51. The molecule has 23 heteroatoms. The molecule has 111 heavy (non-hydrogen) atoms. The molecule has 0 saturated carbocycles. The molecule has 598 valence electrons. The number of aliphatic hydroxyl groups is 3. The predicted octanol–water partition coefficient (Wildman–Crippen LogP) is 11.8. The van der Waals surface area contributed by atoms with Crippen LogP contribution in [0, 0.1) is 5.92 Å². The van der Waals surface area contributed by atoms with E-state index in [-0.39, 0.29) is 55.4 Å². The van der Waals surface area contributed by atoms with Crippen molar-refractivity contribution in [1.82, 2.24) is 42.5 Å². The van der Waals surface area contributed by atoms with Gasteiger partial charge in [-0.3, -0.25) is 33.6 Å². The van der Waals surface area contributed by atoms with E-state index in [0.717, 1.165) is 86.2 Å². The molecule has 0 spiro atoms. The maximum atomic E-state index is 15.8. The SMILES string of the molecule is CCCCCCCCCCC(CCN[C@H](Cc1ccccc1)C(=O)N[C@H]1CSSC[C@@H](C(=O)N[C@@H](CO)[C@@H](C)O)NC(=O)[C@H]([C@@H](C)O)NC(=O)[C@H](CCCCNC(=O)OC(C)(C)C)NC(=O)[C@@H](CC2=CCc3ccccc32)NC(=O)[C@H](Cc2ccccc2)CC1=O)SC(c1ccccc1)(c1ccccc1)c1ccccc1. The number of alkyl carbamates (subject to hydrolysis) is 1. The van der Waals surface area contributed by atoms with Crippen LogP contribution in [-0.4, -0.2) is 159 Å². The van der Waals surface area contributed by atoms with Gasteiger partial charge in [-0.1, -0.05) is 262 Å². The molecule has 1 aliphatic carbocycles. The van der Waals surface area contributed by atoms with E-state index in [1.54, 1.807) is 20.8 Å². The van der Waals surface area contributed by atoms with Crippen LogP contribution in [0.15, 0.2) is 182 Å². The van der Waals surface area contributed by atoms with Crippen molar-refractivity contribution in [3.63, 3.8) is 0 Å². The number of unbranched alkanes of at least 4 members (excludes halogenated alkanes) is 8. The predicted molar refractivity (Wildman–Crippen MR) is 445 cm³/mol.